The Kier molecular flexibility index (Phi) is 6.24. The average molecular weight is 424 g/mol. The maximum atomic E-state index is 12.6. The van der Waals surface area contributed by atoms with Gasteiger partial charge in [-0.15, -0.1) is 0 Å². The van der Waals surface area contributed by atoms with E-state index in [2.05, 4.69) is 19.1 Å². The minimum atomic E-state index is -0.298. The van der Waals surface area contributed by atoms with Gasteiger partial charge in [0.1, 0.15) is 5.75 Å². The van der Waals surface area contributed by atoms with Crippen molar-refractivity contribution in [2.45, 2.75) is 63.3 Å². The molecule has 2 bridgehead atoms. The molecule has 0 spiro atoms. The van der Waals surface area contributed by atoms with Gasteiger partial charge in [-0.1, -0.05) is 38.3 Å². The van der Waals surface area contributed by atoms with Crippen LogP contribution in [0.3, 0.4) is 0 Å². The fourth-order valence-electron chi connectivity index (χ4n) is 5.42. The first-order valence-electron chi connectivity index (χ1n) is 11.2. The molecule has 3 atom stereocenters. The van der Waals surface area contributed by atoms with Gasteiger partial charge in [0.15, 0.2) is 11.5 Å². The molecule has 5 heteroatoms. The SMILES string of the molecule is COc1ccc(CC(=O)Oc2ccc3c(c2)[C@@]2(C)CCCCC[C@@H](C3)[C@@H]2N)cc1OC. The van der Waals surface area contributed by atoms with Crippen LogP contribution in [0.2, 0.25) is 0 Å². The molecule has 0 saturated heterocycles. The minimum Gasteiger partial charge on any atom is -0.493 e. The van der Waals surface area contributed by atoms with E-state index >= 15 is 0 Å². The number of rotatable bonds is 5. The summed E-state index contributed by atoms with van der Waals surface area (Å²) in [7, 11) is 3.17. The fraction of sp³-hybridized carbons (Fsp3) is 0.500. The van der Waals surface area contributed by atoms with E-state index in [1.807, 2.05) is 18.2 Å². The number of methoxy groups -OCH3 is 2. The highest BCUT2D eigenvalue weighted by Crippen LogP contribution is 2.46. The second kappa shape index (κ2) is 8.91. The molecule has 0 amide bonds. The van der Waals surface area contributed by atoms with Crippen LogP contribution in [0.4, 0.5) is 0 Å². The Morgan fingerprint density at radius 1 is 1.06 bits per heavy atom. The van der Waals surface area contributed by atoms with E-state index in [1.54, 1.807) is 20.3 Å². The number of esters is 1. The molecule has 166 valence electrons. The highest BCUT2D eigenvalue weighted by molar-refractivity contribution is 5.75. The third kappa shape index (κ3) is 4.29. The van der Waals surface area contributed by atoms with Gasteiger partial charge in [0.25, 0.3) is 0 Å². The van der Waals surface area contributed by atoms with Crippen molar-refractivity contribution < 1.29 is 19.0 Å². The Bertz CT molecular complexity index is 956. The number of ether oxygens (including phenoxy) is 3. The van der Waals surface area contributed by atoms with Crippen LogP contribution >= 0.6 is 0 Å². The number of fused-ring (bicyclic) bond motifs is 4. The topological polar surface area (TPSA) is 70.8 Å². The van der Waals surface area contributed by atoms with Gasteiger partial charge < -0.3 is 19.9 Å². The number of carbonyl (C=O) groups is 1. The average Bonchev–Trinajstić information content (AvgIpc) is 2.76. The number of hydrogen-bond acceptors (Lipinski definition) is 5. The lowest BCUT2D eigenvalue weighted by Crippen LogP contribution is -2.52. The van der Waals surface area contributed by atoms with Crippen molar-refractivity contribution >= 4 is 5.97 Å². The summed E-state index contributed by atoms with van der Waals surface area (Å²) in [5.74, 6) is 2.07. The first-order valence-corrected chi connectivity index (χ1v) is 11.2. The summed E-state index contributed by atoms with van der Waals surface area (Å²) >= 11 is 0. The van der Waals surface area contributed by atoms with Gasteiger partial charge in [-0.25, -0.2) is 0 Å². The van der Waals surface area contributed by atoms with E-state index < -0.39 is 0 Å². The van der Waals surface area contributed by atoms with Crippen LogP contribution in [0.5, 0.6) is 17.2 Å². The van der Waals surface area contributed by atoms with E-state index in [0.717, 1.165) is 18.4 Å². The summed E-state index contributed by atoms with van der Waals surface area (Å²) in [5.41, 5.74) is 10.1. The second-order valence-corrected chi connectivity index (χ2v) is 9.17. The zero-order chi connectivity index (χ0) is 22.0. The highest BCUT2D eigenvalue weighted by atomic mass is 16.5. The van der Waals surface area contributed by atoms with Crippen molar-refractivity contribution in [3.8, 4) is 17.2 Å². The number of hydrogen-bond donors (Lipinski definition) is 1. The molecule has 2 aromatic carbocycles. The lowest BCUT2D eigenvalue weighted by Gasteiger charge is -2.47. The fourth-order valence-corrected chi connectivity index (χ4v) is 5.42. The molecule has 0 heterocycles. The maximum absolute atomic E-state index is 12.6. The highest BCUT2D eigenvalue weighted by Gasteiger charge is 2.43. The number of nitrogens with two attached hydrogens (primary N) is 1. The summed E-state index contributed by atoms with van der Waals surface area (Å²) in [5, 5.41) is 0. The van der Waals surface area contributed by atoms with Crippen LogP contribution in [0, 0.1) is 5.92 Å². The van der Waals surface area contributed by atoms with Crippen LogP contribution in [0.15, 0.2) is 36.4 Å². The third-order valence-corrected chi connectivity index (χ3v) is 7.22. The van der Waals surface area contributed by atoms with Crippen LogP contribution in [-0.4, -0.2) is 26.2 Å². The summed E-state index contributed by atoms with van der Waals surface area (Å²) in [6.07, 6.45) is 7.21. The van der Waals surface area contributed by atoms with Gasteiger partial charge in [0.05, 0.1) is 20.6 Å². The predicted octanol–water partition coefficient (Wildman–Crippen LogP) is 4.57. The molecule has 0 unspecified atom stereocenters. The molecule has 2 N–H and O–H groups in total. The summed E-state index contributed by atoms with van der Waals surface area (Å²) in [6, 6.07) is 11.7. The van der Waals surface area contributed by atoms with Crippen LogP contribution in [0.1, 0.15) is 55.7 Å². The molecule has 2 aliphatic rings. The number of carbonyl (C=O) groups excluding carboxylic acids is 1. The largest absolute Gasteiger partial charge is 0.493 e. The summed E-state index contributed by atoms with van der Waals surface area (Å²) in [4.78, 5) is 12.6. The van der Waals surface area contributed by atoms with Gasteiger partial charge in [0, 0.05) is 11.5 Å². The molecule has 4 rings (SSSR count). The quantitative estimate of drug-likeness (QED) is 0.563. The summed E-state index contributed by atoms with van der Waals surface area (Å²) < 4.78 is 16.3. The monoisotopic (exact) mass is 423 g/mol. The van der Waals surface area contributed by atoms with Crippen LogP contribution < -0.4 is 19.9 Å². The lowest BCUT2D eigenvalue weighted by atomic mass is 9.60. The second-order valence-electron chi connectivity index (χ2n) is 9.17. The normalized spacial score (nSPS) is 25.0. The van der Waals surface area contributed by atoms with E-state index in [4.69, 9.17) is 19.9 Å². The number of benzene rings is 2. The van der Waals surface area contributed by atoms with Crippen molar-refractivity contribution in [2.24, 2.45) is 11.7 Å². The zero-order valence-corrected chi connectivity index (χ0v) is 18.8. The van der Waals surface area contributed by atoms with Gasteiger partial charge in [-0.05, 0) is 66.1 Å². The Morgan fingerprint density at radius 2 is 1.87 bits per heavy atom. The molecule has 2 aliphatic carbocycles. The molecule has 2 aromatic rings. The Morgan fingerprint density at radius 3 is 2.65 bits per heavy atom. The zero-order valence-electron chi connectivity index (χ0n) is 18.8. The van der Waals surface area contributed by atoms with Gasteiger partial charge in [-0.3, -0.25) is 4.79 Å². The Labute approximate surface area is 184 Å². The van der Waals surface area contributed by atoms with Crippen LogP contribution in [-0.2, 0) is 23.1 Å². The standard InChI is InChI=1S/C26H33NO4/c1-26-12-6-4-5-7-19(25(26)27)15-18-9-10-20(16-21(18)26)31-24(28)14-17-8-11-22(29-2)23(13-17)30-3/h8-11,13,16,19,25H,4-7,12,14-15,27H2,1-3H3/t19-,25-,26+/m0/s1. The van der Waals surface area contributed by atoms with Crippen molar-refractivity contribution in [1.29, 1.82) is 0 Å². The predicted molar refractivity (Wildman–Crippen MR) is 121 cm³/mol. The molecule has 31 heavy (non-hydrogen) atoms. The van der Waals surface area contributed by atoms with E-state index in [0.29, 0.717) is 23.2 Å². The van der Waals surface area contributed by atoms with E-state index in [9.17, 15) is 4.79 Å². The first-order chi connectivity index (χ1) is 14.9. The smallest absolute Gasteiger partial charge is 0.315 e. The van der Waals surface area contributed by atoms with E-state index in [-0.39, 0.29) is 23.8 Å². The Balaban J connectivity index is 1.53. The molecular formula is C26H33NO4. The van der Waals surface area contributed by atoms with Gasteiger partial charge in [-0.2, -0.15) is 0 Å². The lowest BCUT2D eigenvalue weighted by molar-refractivity contribution is -0.133. The molecule has 0 aliphatic heterocycles. The van der Waals surface area contributed by atoms with Gasteiger partial charge >= 0.3 is 5.97 Å². The van der Waals surface area contributed by atoms with Crippen LogP contribution in [0.25, 0.3) is 0 Å². The Hall–Kier alpha value is -2.53. The first kappa shape index (κ1) is 21.7. The van der Waals surface area contributed by atoms with Crippen molar-refractivity contribution in [2.75, 3.05) is 14.2 Å². The minimum absolute atomic E-state index is 0.0650. The van der Waals surface area contributed by atoms with Gasteiger partial charge in [0.2, 0.25) is 0 Å². The van der Waals surface area contributed by atoms with E-state index in [1.165, 1.54) is 36.8 Å². The third-order valence-electron chi connectivity index (χ3n) is 7.22. The molecular weight excluding hydrogens is 390 g/mol. The molecule has 1 saturated carbocycles. The molecule has 5 nitrogen and oxygen atoms in total. The summed E-state index contributed by atoms with van der Waals surface area (Å²) in [6.45, 7) is 2.29. The van der Waals surface area contributed by atoms with Crippen molar-refractivity contribution in [1.82, 2.24) is 0 Å². The van der Waals surface area contributed by atoms with Crippen molar-refractivity contribution in [3.63, 3.8) is 0 Å². The molecule has 1 fully saturated rings. The molecule has 0 aromatic heterocycles. The van der Waals surface area contributed by atoms with Crippen molar-refractivity contribution in [3.05, 3.63) is 53.1 Å². The maximum Gasteiger partial charge on any atom is 0.315 e. The molecule has 0 radical (unpaired) electrons.